The Morgan fingerprint density at radius 2 is 1.66 bits per heavy atom. The van der Waals surface area contributed by atoms with Crippen molar-refractivity contribution in [2.45, 2.75) is 13.8 Å². The molecule has 0 aliphatic carbocycles. The normalized spacial score (nSPS) is 10.3. The molecule has 3 amide bonds. The van der Waals surface area contributed by atoms with E-state index in [0.29, 0.717) is 17.9 Å². The Labute approximate surface area is 171 Å². The third kappa shape index (κ3) is 7.04. The molecule has 2 N–H and O–H groups in total. The number of methoxy groups -OCH3 is 1. The van der Waals surface area contributed by atoms with Crippen LogP contribution in [0.15, 0.2) is 48.5 Å². The number of carbonyl (C=O) groups excluding carboxylic acids is 3. The molecule has 0 fully saturated rings. The van der Waals surface area contributed by atoms with Crippen LogP contribution in [-0.2, 0) is 14.3 Å². The first kappa shape index (κ1) is 22.1. The zero-order valence-corrected chi connectivity index (χ0v) is 17.0. The van der Waals surface area contributed by atoms with Crippen molar-refractivity contribution in [3.63, 3.8) is 0 Å². The van der Waals surface area contributed by atoms with Gasteiger partial charge in [-0.1, -0.05) is 35.9 Å². The van der Waals surface area contributed by atoms with Crippen molar-refractivity contribution >= 4 is 23.4 Å². The van der Waals surface area contributed by atoms with Gasteiger partial charge < -0.3 is 20.3 Å². The van der Waals surface area contributed by atoms with E-state index in [2.05, 4.69) is 10.6 Å². The highest BCUT2D eigenvalue weighted by Crippen LogP contribution is 2.11. The molecule has 0 aliphatic heterocycles. The van der Waals surface area contributed by atoms with E-state index >= 15 is 0 Å². The molecule has 0 aliphatic rings. The summed E-state index contributed by atoms with van der Waals surface area (Å²) in [6.07, 6.45) is 0. The van der Waals surface area contributed by atoms with Crippen LogP contribution in [0.25, 0.3) is 0 Å². The summed E-state index contributed by atoms with van der Waals surface area (Å²) in [6.45, 7) is 4.04. The molecule has 0 heterocycles. The number of nitrogens with zero attached hydrogens (tertiary/aromatic N) is 1. The monoisotopic (exact) mass is 397 g/mol. The minimum absolute atomic E-state index is 0.158. The summed E-state index contributed by atoms with van der Waals surface area (Å²) in [5, 5.41) is 5.27. The highest BCUT2D eigenvalue weighted by Gasteiger charge is 2.20. The van der Waals surface area contributed by atoms with E-state index in [9.17, 15) is 14.4 Å². The number of hydrogen-bond donors (Lipinski definition) is 2. The van der Waals surface area contributed by atoms with Gasteiger partial charge in [0.25, 0.3) is 5.91 Å². The molecule has 7 nitrogen and oxygen atoms in total. The molecular formula is C22H27N3O4. The van der Waals surface area contributed by atoms with Crippen molar-refractivity contribution in [2.24, 2.45) is 0 Å². The van der Waals surface area contributed by atoms with Gasteiger partial charge in [0.1, 0.15) is 0 Å². The molecule has 29 heavy (non-hydrogen) atoms. The first-order valence-electron chi connectivity index (χ1n) is 9.37. The third-order valence-electron chi connectivity index (χ3n) is 4.34. The van der Waals surface area contributed by atoms with Gasteiger partial charge in [-0.05, 0) is 37.6 Å². The summed E-state index contributed by atoms with van der Waals surface area (Å²) in [7, 11) is 1.53. The van der Waals surface area contributed by atoms with E-state index in [4.69, 9.17) is 4.74 Å². The van der Waals surface area contributed by atoms with Crippen molar-refractivity contribution in [3.8, 4) is 0 Å². The van der Waals surface area contributed by atoms with Crippen molar-refractivity contribution in [1.29, 1.82) is 0 Å². The Kier molecular flexibility index (Phi) is 8.36. The van der Waals surface area contributed by atoms with Crippen molar-refractivity contribution in [3.05, 3.63) is 65.2 Å². The molecule has 0 spiro atoms. The van der Waals surface area contributed by atoms with Gasteiger partial charge in [-0.25, -0.2) is 0 Å². The van der Waals surface area contributed by atoms with Crippen LogP contribution in [0.1, 0.15) is 21.5 Å². The number of nitrogens with one attached hydrogen (secondary N) is 2. The Bertz CT molecular complexity index is 849. The lowest BCUT2D eigenvalue weighted by Gasteiger charge is -2.22. The van der Waals surface area contributed by atoms with Gasteiger partial charge in [0.05, 0.1) is 19.7 Å². The summed E-state index contributed by atoms with van der Waals surface area (Å²) in [6, 6.07) is 14.6. The summed E-state index contributed by atoms with van der Waals surface area (Å²) < 4.78 is 5.05. The molecule has 0 radical (unpaired) electrons. The van der Waals surface area contributed by atoms with Crippen LogP contribution in [0.2, 0.25) is 0 Å². The van der Waals surface area contributed by atoms with Gasteiger partial charge >= 0.3 is 0 Å². The van der Waals surface area contributed by atoms with E-state index in [1.165, 1.54) is 12.0 Å². The number of amides is 3. The number of carbonyl (C=O) groups is 3. The van der Waals surface area contributed by atoms with E-state index < -0.39 is 5.91 Å². The lowest BCUT2D eigenvalue weighted by Crippen LogP contribution is -2.44. The number of aryl methyl sites for hydroxylation is 2. The van der Waals surface area contributed by atoms with Gasteiger partial charge in [-0.2, -0.15) is 0 Å². The average molecular weight is 397 g/mol. The maximum atomic E-state index is 12.8. The zero-order valence-electron chi connectivity index (χ0n) is 17.0. The third-order valence-corrected chi connectivity index (χ3v) is 4.34. The van der Waals surface area contributed by atoms with E-state index in [1.54, 1.807) is 24.3 Å². The number of ether oxygens (including phenoxy) is 1. The zero-order chi connectivity index (χ0) is 21.2. The van der Waals surface area contributed by atoms with Gasteiger partial charge in [0.2, 0.25) is 11.8 Å². The summed E-state index contributed by atoms with van der Waals surface area (Å²) in [5.74, 6) is -1.00. The SMILES string of the molecule is COCCN(CC(=O)NCC(=O)Nc1ccc(C)cc1)C(=O)c1ccccc1C. The van der Waals surface area contributed by atoms with E-state index in [0.717, 1.165) is 11.1 Å². The molecule has 0 saturated heterocycles. The summed E-state index contributed by atoms with van der Waals surface area (Å²) in [5.41, 5.74) is 3.11. The van der Waals surface area contributed by atoms with Crippen LogP contribution in [0.3, 0.4) is 0 Å². The summed E-state index contributed by atoms with van der Waals surface area (Å²) in [4.78, 5) is 38.6. The molecule has 0 saturated carbocycles. The lowest BCUT2D eigenvalue weighted by atomic mass is 10.1. The van der Waals surface area contributed by atoms with Gasteiger partial charge in [0.15, 0.2) is 0 Å². The Morgan fingerprint density at radius 3 is 2.31 bits per heavy atom. The van der Waals surface area contributed by atoms with Crippen molar-refractivity contribution < 1.29 is 19.1 Å². The molecule has 2 rings (SSSR count). The van der Waals surface area contributed by atoms with Crippen LogP contribution in [0.4, 0.5) is 5.69 Å². The fourth-order valence-electron chi connectivity index (χ4n) is 2.69. The summed E-state index contributed by atoms with van der Waals surface area (Å²) >= 11 is 0. The number of benzene rings is 2. The standard InChI is InChI=1S/C22H27N3O4/c1-16-8-10-18(11-9-16)24-20(26)14-23-21(27)15-25(12-13-29-3)22(28)19-7-5-4-6-17(19)2/h4-11H,12-15H2,1-3H3,(H,23,27)(H,24,26). The molecule has 0 atom stereocenters. The van der Waals surface area contributed by atoms with Crippen LogP contribution < -0.4 is 10.6 Å². The van der Waals surface area contributed by atoms with Gasteiger partial charge in [-0.3, -0.25) is 14.4 Å². The smallest absolute Gasteiger partial charge is 0.254 e. The maximum Gasteiger partial charge on any atom is 0.254 e. The largest absolute Gasteiger partial charge is 0.383 e. The maximum absolute atomic E-state index is 12.8. The molecule has 7 heteroatoms. The van der Waals surface area contributed by atoms with Crippen molar-refractivity contribution in [2.75, 3.05) is 38.7 Å². The highest BCUT2D eigenvalue weighted by atomic mass is 16.5. The fraction of sp³-hybridized carbons (Fsp3) is 0.318. The van der Waals surface area contributed by atoms with E-state index in [1.807, 2.05) is 38.1 Å². The first-order chi connectivity index (χ1) is 13.9. The second-order valence-corrected chi connectivity index (χ2v) is 6.73. The Morgan fingerprint density at radius 1 is 0.966 bits per heavy atom. The second kappa shape index (κ2) is 11.0. The lowest BCUT2D eigenvalue weighted by molar-refractivity contribution is -0.124. The van der Waals surface area contributed by atoms with Crippen LogP contribution in [0, 0.1) is 13.8 Å². The molecule has 0 aromatic heterocycles. The van der Waals surface area contributed by atoms with Crippen molar-refractivity contribution in [1.82, 2.24) is 10.2 Å². The number of hydrogen-bond acceptors (Lipinski definition) is 4. The Hall–Kier alpha value is -3.19. The molecule has 0 unspecified atom stereocenters. The number of anilines is 1. The van der Waals surface area contributed by atoms with Crippen LogP contribution >= 0.6 is 0 Å². The topological polar surface area (TPSA) is 87.7 Å². The molecular weight excluding hydrogens is 370 g/mol. The Balaban J connectivity index is 1.91. The van der Waals surface area contributed by atoms with Gasteiger partial charge in [-0.15, -0.1) is 0 Å². The predicted molar refractivity (Wildman–Crippen MR) is 112 cm³/mol. The minimum Gasteiger partial charge on any atom is -0.383 e. The quantitative estimate of drug-likeness (QED) is 0.679. The highest BCUT2D eigenvalue weighted by molar-refractivity contribution is 5.98. The molecule has 0 bridgehead atoms. The van der Waals surface area contributed by atoms with Crippen LogP contribution in [-0.4, -0.2) is 56.0 Å². The molecule has 2 aromatic carbocycles. The van der Waals surface area contributed by atoms with E-state index in [-0.39, 0.29) is 31.4 Å². The first-order valence-corrected chi connectivity index (χ1v) is 9.37. The average Bonchev–Trinajstić information content (AvgIpc) is 2.71. The molecule has 154 valence electrons. The predicted octanol–water partition coefficient (Wildman–Crippen LogP) is 2.15. The number of rotatable bonds is 9. The second-order valence-electron chi connectivity index (χ2n) is 6.73. The molecule has 2 aromatic rings. The van der Waals surface area contributed by atoms with Gasteiger partial charge in [0, 0.05) is 24.9 Å². The fourth-order valence-corrected chi connectivity index (χ4v) is 2.69. The minimum atomic E-state index is -0.415. The van der Waals surface area contributed by atoms with Crippen LogP contribution in [0.5, 0.6) is 0 Å².